The van der Waals surface area contributed by atoms with Gasteiger partial charge in [-0.15, -0.1) is 11.8 Å². The highest BCUT2D eigenvalue weighted by atomic mass is 32.2. The van der Waals surface area contributed by atoms with Crippen LogP contribution in [-0.2, 0) is 6.54 Å². The Labute approximate surface area is 196 Å². The van der Waals surface area contributed by atoms with Crippen LogP contribution in [0, 0.1) is 0 Å². The standard InChI is InChI=1S/C26H25F2N3OS/c27-26(28)11-4-12-31(16-26)15-20-13-19(7-9-22(20)18-5-2-1-3-6-18)25(32)30-21-8-10-24-23(14-21)29-17-33-24/h1-3,5-10,13-14,29H,4,11-12,15-17H2,(H,30,32). The van der Waals surface area contributed by atoms with E-state index in [0.29, 0.717) is 25.1 Å². The number of hydrogen-bond acceptors (Lipinski definition) is 4. The quantitative estimate of drug-likeness (QED) is 0.463. The molecular formula is C26H25F2N3OS. The van der Waals surface area contributed by atoms with Gasteiger partial charge in [-0.2, -0.15) is 0 Å². The number of piperidine rings is 1. The van der Waals surface area contributed by atoms with Crippen molar-refractivity contribution >= 4 is 29.0 Å². The number of rotatable bonds is 5. The third-order valence-electron chi connectivity index (χ3n) is 6.05. The lowest BCUT2D eigenvalue weighted by Crippen LogP contribution is -2.42. The zero-order valence-corrected chi connectivity index (χ0v) is 18.9. The molecule has 2 aliphatic rings. The molecule has 0 atom stereocenters. The summed E-state index contributed by atoms with van der Waals surface area (Å²) in [6.45, 7) is 0.749. The molecule has 5 rings (SSSR count). The Bertz CT molecular complexity index is 1170. The normalized spacial score (nSPS) is 17.3. The van der Waals surface area contributed by atoms with E-state index in [1.54, 1.807) is 22.7 Å². The molecule has 0 unspecified atom stereocenters. The SMILES string of the molecule is O=C(Nc1ccc2c(c1)NCS2)c1ccc(-c2ccccc2)c(CN2CCCC(F)(F)C2)c1. The number of benzene rings is 3. The minimum absolute atomic E-state index is 0.0639. The zero-order chi connectivity index (χ0) is 22.8. The number of amides is 1. The summed E-state index contributed by atoms with van der Waals surface area (Å²) < 4.78 is 28.0. The van der Waals surface area contributed by atoms with Crippen LogP contribution < -0.4 is 10.6 Å². The van der Waals surface area contributed by atoms with Crippen molar-refractivity contribution in [2.75, 3.05) is 29.6 Å². The molecule has 3 aromatic carbocycles. The Morgan fingerprint density at radius 1 is 1.09 bits per heavy atom. The maximum absolute atomic E-state index is 14.0. The number of anilines is 2. The van der Waals surface area contributed by atoms with Crippen LogP contribution in [0.25, 0.3) is 11.1 Å². The van der Waals surface area contributed by atoms with Gasteiger partial charge in [-0.25, -0.2) is 8.78 Å². The molecular weight excluding hydrogens is 440 g/mol. The van der Waals surface area contributed by atoms with Gasteiger partial charge in [-0.05, 0) is 60.0 Å². The molecule has 2 aliphatic heterocycles. The average molecular weight is 466 g/mol. The fourth-order valence-corrected chi connectivity index (χ4v) is 5.29. The van der Waals surface area contributed by atoms with Gasteiger partial charge in [0.25, 0.3) is 11.8 Å². The second-order valence-corrected chi connectivity index (χ2v) is 9.56. The van der Waals surface area contributed by atoms with Gasteiger partial charge in [0, 0.05) is 29.1 Å². The summed E-state index contributed by atoms with van der Waals surface area (Å²) in [4.78, 5) is 16.0. The van der Waals surface area contributed by atoms with Gasteiger partial charge in [-0.1, -0.05) is 36.4 Å². The molecule has 33 heavy (non-hydrogen) atoms. The number of hydrogen-bond donors (Lipinski definition) is 2. The van der Waals surface area contributed by atoms with E-state index in [2.05, 4.69) is 10.6 Å². The molecule has 2 heterocycles. The van der Waals surface area contributed by atoms with Crippen molar-refractivity contribution in [2.45, 2.75) is 30.2 Å². The average Bonchev–Trinajstić information content (AvgIpc) is 3.27. The maximum Gasteiger partial charge on any atom is 0.260 e. The van der Waals surface area contributed by atoms with Crippen molar-refractivity contribution < 1.29 is 13.6 Å². The molecule has 1 fully saturated rings. The first-order valence-corrected chi connectivity index (χ1v) is 12.1. The van der Waals surface area contributed by atoms with Crippen molar-refractivity contribution in [2.24, 2.45) is 0 Å². The minimum Gasteiger partial charge on any atom is -0.375 e. The summed E-state index contributed by atoms with van der Waals surface area (Å²) in [5, 5.41) is 6.25. The van der Waals surface area contributed by atoms with Gasteiger partial charge in [-0.3, -0.25) is 9.69 Å². The molecule has 7 heteroatoms. The molecule has 3 aromatic rings. The van der Waals surface area contributed by atoms with Gasteiger partial charge in [0.05, 0.1) is 18.1 Å². The van der Waals surface area contributed by atoms with Gasteiger partial charge >= 0.3 is 0 Å². The van der Waals surface area contributed by atoms with E-state index in [1.807, 2.05) is 60.7 Å². The molecule has 2 N–H and O–H groups in total. The summed E-state index contributed by atoms with van der Waals surface area (Å²) in [5.41, 5.74) is 5.09. The topological polar surface area (TPSA) is 44.4 Å². The second-order valence-electron chi connectivity index (χ2n) is 8.54. The predicted molar refractivity (Wildman–Crippen MR) is 130 cm³/mol. The van der Waals surface area contributed by atoms with Crippen molar-refractivity contribution in [3.05, 3.63) is 77.9 Å². The molecule has 0 aliphatic carbocycles. The Morgan fingerprint density at radius 2 is 1.94 bits per heavy atom. The number of likely N-dealkylation sites (tertiary alicyclic amines) is 1. The number of halogens is 2. The monoisotopic (exact) mass is 465 g/mol. The highest BCUT2D eigenvalue weighted by Crippen LogP contribution is 2.35. The van der Waals surface area contributed by atoms with E-state index in [0.717, 1.165) is 33.9 Å². The number of fused-ring (bicyclic) bond motifs is 1. The van der Waals surface area contributed by atoms with Crippen LogP contribution in [0.15, 0.2) is 71.6 Å². The molecule has 170 valence electrons. The van der Waals surface area contributed by atoms with Gasteiger partial charge in [0.15, 0.2) is 0 Å². The number of nitrogens with one attached hydrogen (secondary N) is 2. The van der Waals surface area contributed by atoms with E-state index < -0.39 is 5.92 Å². The number of carbonyl (C=O) groups is 1. The van der Waals surface area contributed by atoms with Crippen molar-refractivity contribution in [1.29, 1.82) is 0 Å². The first-order chi connectivity index (χ1) is 16.0. The van der Waals surface area contributed by atoms with Crippen molar-refractivity contribution in [3.8, 4) is 11.1 Å². The summed E-state index contributed by atoms with van der Waals surface area (Å²) >= 11 is 1.73. The van der Waals surface area contributed by atoms with Crippen LogP contribution in [0.5, 0.6) is 0 Å². The van der Waals surface area contributed by atoms with Crippen LogP contribution in [0.2, 0.25) is 0 Å². The number of carbonyl (C=O) groups excluding carboxylic acids is 1. The lowest BCUT2D eigenvalue weighted by atomic mass is 9.96. The van der Waals surface area contributed by atoms with Crippen molar-refractivity contribution in [3.63, 3.8) is 0 Å². The zero-order valence-electron chi connectivity index (χ0n) is 18.1. The Hall–Kier alpha value is -2.90. The highest BCUT2D eigenvalue weighted by molar-refractivity contribution is 7.99. The molecule has 0 bridgehead atoms. The molecule has 4 nitrogen and oxygen atoms in total. The number of alkyl halides is 2. The van der Waals surface area contributed by atoms with Crippen LogP contribution in [0.4, 0.5) is 20.2 Å². The Morgan fingerprint density at radius 3 is 2.76 bits per heavy atom. The fourth-order valence-electron chi connectivity index (χ4n) is 4.45. The Balaban J connectivity index is 1.42. The molecule has 0 saturated carbocycles. The highest BCUT2D eigenvalue weighted by Gasteiger charge is 2.35. The predicted octanol–water partition coefficient (Wildman–Crippen LogP) is 6.31. The van der Waals surface area contributed by atoms with E-state index in [9.17, 15) is 13.6 Å². The first-order valence-electron chi connectivity index (χ1n) is 11.1. The van der Waals surface area contributed by atoms with Crippen molar-refractivity contribution in [1.82, 2.24) is 4.90 Å². The third-order valence-corrected chi connectivity index (χ3v) is 7.00. The van der Waals surface area contributed by atoms with Crippen LogP contribution >= 0.6 is 11.8 Å². The van der Waals surface area contributed by atoms with E-state index in [1.165, 1.54) is 4.90 Å². The lowest BCUT2D eigenvalue weighted by Gasteiger charge is -2.33. The lowest BCUT2D eigenvalue weighted by molar-refractivity contribution is -0.0660. The molecule has 0 spiro atoms. The maximum atomic E-state index is 14.0. The number of nitrogens with zero attached hydrogens (tertiary/aromatic N) is 1. The van der Waals surface area contributed by atoms with E-state index >= 15 is 0 Å². The van der Waals surface area contributed by atoms with Crippen LogP contribution in [0.3, 0.4) is 0 Å². The van der Waals surface area contributed by atoms with Crippen LogP contribution in [0.1, 0.15) is 28.8 Å². The molecule has 0 radical (unpaired) electrons. The van der Waals surface area contributed by atoms with E-state index in [4.69, 9.17) is 0 Å². The van der Waals surface area contributed by atoms with Crippen LogP contribution in [-0.4, -0.2) is 35.7 Å². The third kappa shape index (κ3) is 5.04. The van der Waals surface area contributed by atoms with E-state index in [-0.39, 0.29) is 18.9 Å². The minimum atomic E-state index is -2.67. The van der Waals surface area contributed by atoms with Gasteiger partial charge in [0.1, 0.15) is 0 Å². The summed E-state index contributed by atoms with van der Waals surface area (Å²) in [6.07, 6.45) is 0.407. The molecule has 1 saturated heterocycles. The Kier molecular flexibility index (Phi) is 6.08. The molecule has 1 amide bonds. The second kappa shape index (κ2) is 9.15. The molecule has 0 aromatic heterocycles. The summed E-state index contributed by atoms with van der Waals surface area (Å²) in [7, 11) is 0. The van der Waals surface area contributed by atoms with Gasteiger partial charge in [0.2, 0.25) is 0 Å². The largest absolute Gasteiger partial charge is 0.375 e. The summed E-state index contributed by atoms with van der Waals surface area (Å²) in [5.74, 6) is -2.06. The fraction of sp³-hybridized carbons (Fsp3) is 0.269. The smallest absolute Gasteiger partial charge is 0.260 e. The first kappa shape index (κ1) is 21.9. The number of thioether (sulfide) groups is 1. The van der Waals surface area contributed by atoms with Gasteiger partial charge < -0.3 is 10.6 Å². The summed E-state index contributed by atoms with van der Waals surface area (Å²) in [6, 6.07) is 21.2.